The molecule has 0 fully saturated rings. The molecule has 1 heterocycles. The van der Waals surface area contributed by atoms with Gasteiger partial charge in [0.2, 0.25) is 0 Å². The van der Waals surface area contributed by atoms with Crippen molar-refractivity contribution >= 4 is 29.2 Å². The summed E-state index contributed by atoms with van der Waals surface area (Å²) < 4.78 is 9.40. The highest BCUT2D eigenvalue weighted by Crippen LogP contribution is 2.36. The van der Waals surface area contributed by atoms with Gasteiger partial charge < -0.3 is 20.1 Å². The van der Waals surface area contributed by atoms with Gasteiger partial charge in [0.15, 0.2) is 0 Å². The van der Waals surface area contributed by atoms with Crippen molar-refractivity contribution in [2.45, 2.75) is 0 Å². The summed E-state index contributed by atoms with van der Waals surface area (Å²) in [5.41, 5.74) is 3.76. The van der Waals surface area contributed by atoms with E-state index in [-0.39, 0.29) is 22.5 Å². The van der Waals surface area contributed by atoms with Crippen molar-refractivity contribution in [3.8, 4) is 0 Å². The van der Waals surface area contributed by atoms with E-state index in [9.17, 15) is 24.5 Å². The lowest BCUT2D eigenvalue weighted by molar-refractivity contribution is -0.384. The number of esters is 2. The summed E-state index contributed by atoms with van der Waals surface area (Å²) in [7, 11) is 2.19. The number of nitro benzene ring substituents is 1. The maximum Gasteiger partial charge on any atom is 0.355 e. The maximum atomic E-state index is 12.4. The number of nitrogens with zero attached hydrogens (tertiary/aromatic N) is 2. The second-order valence-corrected chi connectivity index (χ2v) is 5.11. The first-order valence-corrected chi connectivity index (χ1v) is 7.45. The van der Waals surface area contributed by atoms with Crippen LogP contribution in [-0.2, 0) is 19.1 Å². The standard InChI is InChI=1S/C17H15N3O7/c1-26-16(22)11-6-3-4-9-19(14(11)17(23)27-2)13-10(15(18)21)7-5-8-12(13)20(24)25/h3-9H,1-2H3,(H2,18,21). The molecule has 10 nitrogen and oxygen atoms in total. The fourth-order valence-electron chi connectivity index (χ4n) is 2.47. The highest BCUT2D eigenvalue weighted by molar-refractivity contribution is 6.08. The maximum absolute atomic E-state index is 12.4. The summed E-state index contributed by atoms with van der Waals surface area (Å²) >= 11 is 0. The predicted molar refractivity (Wildman–Crippen MR) is 93.4 cm³/mol. The van der Waals surface area contributed by atoms with Gasteiger partial charge in [-0.15, -0.1) is 0 Å². The summed E-state index contributed by atoms with van der Waals surface area (Å²) in [4.78, 5) is 48.2. The number of hydrogen-bond acceptors (Lipinski definition) is 8. The van der Waals surface area contributed by atoms with Crippen LogP contribution in [0.15, 0.2) is 53.9 Å². The molecule has 1 aromatic carbocycles. The SMILES string of the molecule is COC(=O)C1=C(C(=O)OC)N(c2c(C(N)=O)cccc2[N+](=O)[O-])C=CC=C1. The van der Waals surface area contributed by atoms with Gasteiger partial charge in [0.25, 0.3) is 11.6 Å². The van der Waals surface area contributed by atoms with Crippen molar-refractivity contribution in [1.29, 1.82) is 0 Å². The Bertz CT molecular complexity index is 883. The zero-order valence-electron chi connectivity index (χ0n) is 14.4. The molecule has 140 valence electrons. The van der Waals surface area contributed by atoms with Gasteiger partial charge in [0.05, 0.1) is 30.3 Å². The van der Waals surface area contributed by atoms with E-state index in [0.717, 1.165) is 25.2 Å². The average molecular weight is 373 g/mol. The number of rotatable bonds is 5. The highest BCUT2D eigenvalue weighted by atomic mass is 16.6. The van der Waals surface area contributed by atoms with Gasteiger partial charge in [-0.1, -0.05) is 12.1 Å². The Labute approximate surface area is 153 Å². The van der Waals surface area contributed by atoms with E-state index >= 15 is 0 Å². The smallest absolute Gasteiger partial charge is 0.355 e. The van der Waals surface area contributed by atoms with Crippen LogP contribution in [0.3, 0.4) is 0 Å². The molecule has 10 heteroatoms. The molecule has 27 heavy (non-hydrogen) atoms. The minimum Gasteiger partial charge on any atom is -0.465 e. The number of nitro groups is 1. The monoisotopic (exact) mass is 373 g/mol. The summed E-state index contributed by atoms with van der Waals surface area (Å²) in [5.74, 6) is -2.80. The molecule has 0 atom stereocenters. The first-order valence-electron chi connectivity index (χ1n) is 7.45. The van der Waals surface area contributed by atoms with Crippen LogP contribution in [0.5, 0.6) is 0 Å². The molecule has 1 aliphatic rings. The quantitative estimate of drug-likeness (QED) is 0.460. The van der Waals surface area contributed by atoms with E-state index in [1.807, 2.05) is 0 Å². The summed E-state index contributed by atoms with van der Waals surface area (Å²) in [6, 6.07) is 3.69. The predicted octanol–water partition coefficient (Wildman–Crippen LogP) is 1.18. The molecule has 0 aliphatic carbocycles. The van der Waals surface area contributed by atoms with Gasteiger partial charge >= 0.3 is 11.9 Å². The van der Waals surface area contributed by atoms with Crippen LogP contribution >= 0.6 is 0 Å². The molecule has 0 radical (unpaired) electrons. The van der Waals surface area contributed by atoms with E-state index in [1.165, 1.54) is 36.6 Å². The van der Waals surface area contributed by atoms with E-state index < -0.39 is 28.5 Å². The van der Waals surface area contributed by atoms with Gasteiger partial charge in [-0.2, -0.15) is 0 Å². The molecule has 0 unspecified atom stereocenters. The van der Waals surface area contributed by atoms with Gasteiger partial charge in [0.1, 0.15) is 11.4 Å². The van der Waals surface area contributed by atoms with Crippen molar-refractivity contribution in [2.24, 2.45) is 5.73 Å². The molecule has 0 saturated heterocycles. The second kappa shape index (κ2) is 7.95. The molecule has 1 aromatic rings. The summed E-state index contributed by atoms with van der Waals surface area (Å²) in [6.45, 7) is 0. The lowest BCUT2D eigenvalue weighted by Gasteiger charge is -2.24. The molecule has 1 amide bonds. The molecular weight excluding hydrogens is 358 g/mol. The number of amides is 1. The number of para-hydroxylation sites is 1. The third-order valence-corrected chi connectivity index (χ3v) is 3.61. The number of benzene rings is 1. The minimum absolute atomic E-state index is 0.220. The topological polar surface area (TPSA) is 142 Å². The summed E-state index contributed by atoms with van der Waals surface area (Å²) in [5, 5.41) is 11.5. The second-order valence-electron chi connectivity index (χ2n) is 5.11. The van der Waals surface area contributed by atoms with E-state index in [4.69, 9.17) is 10.5 Å². The van der Waals surface area contributed by atoms with Crippen molar-refractivity contribution < 1.29 is 28.8 Å². The van der Waals surface area contributed by atoms with Crippen LogP contribution in [0.1, 0.15) is 10.4 Å². The Morgan fingerprint density at radius 2 is 1.78 bits per heavy atom. The van der Waals surface area contributed by atoms with Crippen LogP contribution in [0.25, 0.3) is 0 Å². The van der Waals surface area contributed by atoms with Gasteiger partial charge in [0, 0.05) is 12.3 Å². The molecule has 0 spiro atoms. The minimum atomic E-state index is -0.972. The van der Waals surface area contributed by atoms with Gasteiger partial charge in [-0.3, -0.25) is 14.9 Å². The molecule has 2 N–H and O–H groups in total. The highest BCUT2D eigenvalue weighted by Gasteiger charge is 2.33. The number of anilines is 1. The van der Waals surface area contributed by atoms with Gasteiger partial charge in [-0.05, 0) is 18.2 Å². The lowest BCUT2D eigenvalue weighted by Crippen LogP contribution is -2.29. The first-order chi connectivity index (χ1) is 12.8. The number of carbonyl (C=O) groups excluding carboxylic acids is 3. The Balaban J connectivity index is 2.90. The van der Waals surface area contributed by atoms with Crippen LogP contribution < -0.4 is 10.6 Å². The van der Waals surface area contributed by atoms with Crippen molar-refractivity contribution in [3.05, 3.63) is 69.6 Å². The van der Waals surface area contributed by atoms with Crippen LogP contribution in [0.2, 0.25) is 0 Å². The van der Waals surface area contributed by atoms with Crippen molar-refractivity contribution in [2.75, 3.05) is 19.1 Å². The number of allylic oxidation sites excluding steroid dienone is 2. The lowest BCUT2D eigenvalue weighted by atomic mass is 10.1. The Hall–Kier alpha value is -3.95. The van der Waals surface area contributed by atoms with E-state index in [0.29, 0.717) is 0 Å². The van der Waals surface area contributed by atoms with Gasteiger partial charge in [-0.25, -0.2) is 9.59 Å². The Kier molecular flexibility index (Phi) is 5.71. The largest absolute Gasteiger partial charge is 0.465 e. The molecular formula is C17H15N3O7. The van der Waals surface area contributed by atoms with Crippen LogP contribution in [-0.4, -0.2) is 37.0 Å². The fourth-order valence-corrected chi connectivity index (χ4v) is 2.47. The Morgan fingerprint density at radius 1 is 1.11 bits per heavy atom. The first kappa shape index (κ1) is 19.4. The molecule has 0 aromatic heterocycles. The molecule has 2 rings (SSSR count). The normalized spacial score (nSPS) is 13.2. The zero-order chi connectivity index (χ0) is 20.1. The number of primary amides is 1. The average Bonchev–Trinajstić information content (AvgIpc) is 2.88. The van der Waals surface area contributed by atoms with Crippen molar-refractivity contribution in [3.63, 3.8) is 0 Å². The van der Waals surface area contributed by atoms with E-state index in [2.05, 4.69) is 4.74 Å². The van der Waals surface area contributed by atoms with E-state index in [1.54, 1.807) is 0 Å². The number of carbonyl (C=O) groups is 3. The number of methoxy groups -OCH3 is 2. The number of ether oxygens (including phenoxy) is 2. The molecule has 0 bridgehead atoms. The molecule has 0 saturated carbocycles. The summed E-state index contributed by atoms with van der Waals surface area (Å²) in [6.07, 6.45) is 5.40. The zero-order valence-corrected chi connectivity index (χ0v) is 14.4. The number of nitrogens with two attached hydrogens (primary N) is 1. The Morgan fingerprint density at radius 3 is 2.33 bits per heavy atom. The molecule has 1 aliphatic heterocycles. The number of hydrogen-bond donors (Lipinski definition) is 1. The third kappa shape index (κ3) is 3.68. The third-order valence-electron chi connectivity index (χ3n) is 3.61. The van der Waals surface area contributed by atoms with Crippen LogP contribution in [0.4, 0.5) is 11.4 Å². The fraction of sp³-hybridized carbons (Fsp3) is 0.118. The van der Waals surface area contributed by atoms with Crippen LogP contribution in [0, 0.1) is 10.1 Å². The van der Waals surface area contributed by atoms with Crippen molar-refractivity contribution in [1.82, 2.24) is 0 Å².